The molecule has 1 N–H and O–H groups in total. The van der Waals surface area contributed by atoms with E-state index in [-0.39, 0.29) is 5.78 Å². The third-order valence-corrected chi connectivity index (χ3v) is 3.43. The Hall–Kier alpha value is -2.62. The fraction of sp³-hybridized carbons (Fsp3) is 0.211. The molecule has 2 rings (SSSR count). The van der Waals surface area contributed by atoms with Gasteiger partial charge in [0.15, 0.2) is 5.78 Å². The number of allylic oxidation sites excluding steroid dienone is 2. The van der Waals surface area contributed by atoms with E-state index in [1.807, 2.05) is 31.2 Å². The SMILES string of the molecule is COc1ccc(CCN/C(C)=C/C(=O)c2cccc(F)c2)cc1. The van der Waals surface area contributed by atoms with Gasteiger partial charge in [0.1, 0.15) is 11.6 Å². The molecule has 0 aliphatic rings. The van der Waals surface area contributed by atoms with E-state index in [0.29, 0.717) is 12.1 Å². The molecular formula is C19H20FNO2. The number of carbonyl (C=O) groups excluding carboxylic acids is 1. The second-order valence-electron chi connectivity index (χ2n) is 5.23. The van der Waals surface area contributed by atoms with Crippen molar-refractivity contribution in [2.45, 2.75) is 13.3 Å². The van der Waals surface area contributed by atoms with Crippen molar-refractivity contribution in [1.82, 2.24) is 5.32 Å². The summed E-state index contributed by atoms with van der Waals surface area (Å²) in [5, 5.41) is 3.19. The number of hydrogen-bond donors (Lipinski definition) is 1. The summed E-state index contributed by atoms with van der Waals surface area (Å²) in [6.07, 6.45) is 2.33. The summed E-state index contributed by atoms with van der Waals surface area (Å²) in [6.45, 7) is 2.54. The Morgan fingerprint density at radius 1 is 1.22 bits per heavy atom. The van der Waals surface area contributed by atoms with Crippen molar-refractivity contribution in [3.8, 4) is 5.75 Å². The van der Waals surface area contributed by atoms with Gasteiger partial charge in [-0.05, 0) is 43.2 Å². The quantitative estimate of drug-likeness (QED) is 0.625. The van der Waals surface area contributed by atoms with Crippen LogP contribution in [0.5, 0.6) is 5.75 Å². The van der Waals surface area contributed by atoms with E-state index in [1.165, 1.54) is 29.8 Å². The lowest BCUT2D eigenvalue weighted by atomic mass is 10.1. The predicted octanol–water partition coefficient (Wildman–Crippen LogP) is 3.75. The van der Waals surface area contributed by atoms with E-state index >= 15 is 0 Å². The van der Waals surface area contributed by atoms with Crippen LogP contribution < -0.4 is 10.1 Å². The molecule has 0 amide bonds. The minimum absolute atomic E-state index is 0.209. The highest BCUT2D eigenvalue weighted by molar-refractivity contribution is 6.04. The van der Waals surface area contributed by atoms with Gasteiger partial charge in [-0.25, -0.2) is 4.39 Å². The lowest BCUT2D eigenvalue weighted by molar-refractivity contribution is 0.104. The van der Waals surface area contributed by atoms with Crippen LogP contribution in [0.4, 0.5) is 4.39 Å². The van der Waals surface area contributed by atoms with E-state index in [2.05, 4.69) is 5.32 Å². The number of halogens is 1. The Labute approximate surface area is 135 Å². The van der Waals surface area contributed by atoms with Crippen LogP contribution in [0.15, 0.2) is 60.3 Å². The molecule has 23 heavy (non-hydrogen) atoms. The van der Waals surface area contributed by atoms with Crippen LogP contribution in [0.3, 0.4) is 0 Å². The number of rotatable bonds is 7. The predicted molar refractivity (Wildman–Crippen MR) is 89.2 cm³/mol. The minimum atomic E-state index is -0.408. The van der Waals surface area contributed by atoms with Crippen LogP contribution in [0, 0.1) is 5.82 Å². The molecule has 0 aromatic heterocycles. The molecule has 0 radical (unpaired) electrons. The first-order valence-electron chi connectivity index (χ1n) is 7.43. The molecule has 0 saturated carbocycles. The lowest BCUT2D eigenvalue weighted by Gasteiger charge is -2.07. The average Bonchev–Trinajstić information content (AvgIpc) is 2.55. The molecule has 4 heteroatoms. The molecule has 0 aliphatic heterocycles. The van der Waals surface area contributed by atoms with Gasteiger partial charge >= 0.3 is 0 Å². The molecule has 2 aromatic rings. The van der Waals surface area contributed by atoms with Crippen molar-refractivity contribution in [2.75, 3.05) is 13.7 Å². The number of hydrogen-bond acceptors (Lipinski definition) is 3. The second-order valence-corrected chi connectivity index (χ2v) is 5.23. The van der Waals surface area contributed by atoms with Gasteiger partial charge in [-0.15, -0.1) is 0 Å². The summed E-state index contributed by atoms with van der Waals surface area (Å²) in [7, 11) is 1.64. The second kappa shape index (κ2) is 8.13. The molecule has 120 valence electrons. The van der Waals surface area contributed by atoms with E-state index in [9.17, 15) is 9.18 Å². The van der Waals surface area contributed by atoms with Crippen LogP contribution in [0.1, 0.15) is 22.8 Å². The van der Waals surface area contributed by atoms with Crippen molar-refractivity contribution < 1.29 is 13.9 Å². The van der Waals surface area contributed by atoms with Crippen molar-refractivity contribution in [1.29, 1.82) is 0 Å². The normalized spacial score (nSPS) is 11.2. The van der Waals surface area contributed by atoms with Gasteiger partial charge in [0.05, 0.1) is 7.11 Å². The summed E-state index contributed by atoms with van der Waals surface area (Å²) < 4.78 is 18.2. The number of methoxy groups -OCH3 is 1. The zero-order chi connectivity index (χ0) is 16.7. The van der Waals surface area contributed by atoms with Gasteiger partial charge in [0.25, 0.3) is 0 Å². The lowest BCUT2D eigenvalue weighted by Crippen LogP contribution is -2.16. The average molecular weight is 313 g/mol. The van der Waals surface area contributed by atoms with Crippen molar-refractivity contribution >= 4 is 5.78 Å². The van der Waals surface area contributed by atoms with Crippen molar-refractivity contribution in [3.05, 3.63) is 77.2 Å². The number of ketones is 1. The van der Waals surface area contributed by atoms with E-state index < -0.39 is 5.82 Å². The molecule has 0 aliphatic carbocycles. The molecule has 0 unspecified atom stereocenters. The summed E-state index contributed by atoms with van der Waals surface area (Å²) >= 11 is 0. The maximum Gasteiger partial charge on any atom is 0.187 e. The largest absolute Gasteiger partial charge is 0.497 e. The third-order valence-electron chi connectivity index (χ3n) is 3.43. The zero-order valence-corrected chi connectivity index (χ0v) is 13.3. The van der Waals surface area contributed by atoms with Crippen LogP contribution >= 0.6 is 0 Å². The number of nitrogens with one attached hydrogen (secondary N) is 1. The Balaban J connectivity index is 1.85. The van der Waals surface area contributed by atoms with E-state index in [0.717, 1.165) is 17.9 Å². The molecule has 0 fully saturated rings. The first kappa shape index (κ1) is 16.7. The fourth-order valence-electron chi connectivity index (χ4n) is 2.17. The number of carbonyl (C=O) groups is 1. The van der Waals surface area contributed by atoms with Gasteiger partial charge in [0, 0.05) is 23.9 Å². The fourth-order valence-corrected chi connectivity index (χ4v) is 2.17. The van der Waals surface area contributed by atoms with Crippen molar-refractivity contribution in [3.63, 3.8) is 0 Å². The summed E-state index contributed by atoms with van der Waals surface area (Å²) in [5.74, 6) is 0.215. The summed E-state index contributed by atoms with van der Waals surface area (Å²) in [6, 6.07) is 13.6. The van der Waals surface area contributed by atoms with Gasteiger partial charge in [0.2, 0.25) is 0 Å². The highest BCUT2D eigenvalue weighted by Gasteiger charge is 2.04. The van der Waals surface area contributed by atoms with Gasteiger partial charge < -0.3 is 10.1 Å². The minimum Gasteiger partial charge on any atom is -0.497 e. The first-order valence-corrected chi connectivity index (χ1v) is 7.43. The molecule has 3 nitrogen and oxygen atoms in total. The van der Waals surface area contributed by atoms with E-state index in [1.54, 1.807) is 13.2 Å². The Morgan fingerprint density at radius 2 is 1.96 bits per heavy atom. The summed E-state index contributed by atoms with van der Waals surface area (Å²) in [4.78, 5) is 12.0. The maximum absolute atomic E-state index is 13.1. The third kappa shape index (κ3) is 5.25. The standard InChI is InChI=1S/C19H20FNO2/c1-14(12-19(22)16-4-3-5-17(20)13-16)21-11-10-15-6-8-18(23-2)9-7-15/h3-9,12-13,21H,10-11H2,1-2H3/b14-12+. The smallest absolute Gasteiger partial charge is 0.187 e. The molecule has 0 heterocycles. The first-order chi connectivity index (χ1) is 11.1. The van der Waals surface area contributed by atoms with Gasteiger partial charge in [-0.2, -0.15) is 0 Å². The number of benzene rings is 2. The molecule has 2 aromatic carbocycles. The summed E-state index contributed by atoms with van der Waals surface area (Å²) in [5.41, 5.74) is 2.29. The molecule has 0 spiro atoms. The topological polar surface area (TPSA) is 38.3 Å². The van der Waals surface area contributed by atoms with Crippen LogP contribution in [-0.4, -0.2) is 19.4 Å². The Kier molecular flexibility index (Phi) is 5.92. The highest BCUT2D eigenvalue weighted by atomic mass is 19.1. The monoisotopic (exact) mass is 313 g/mol. The Morgan fingerprint density at radius 3 is 2.61 bits per heavy atom. The maximum atomic E-state index is 13.1. The molecule has 0 atom stereocenters. The van der Waals surface area contributed by atoms with Crippen molar-refractivity contribution in [2.24, 2.45) is 0 Å². The van der Waals surface area contributed by atoms with Gasteiger partial charge in [-0.3, -0.25) is 4.79 Å². The van der Waals surface area contributed by atoms with Crippen LogP contribution in [0.25, 0.3) is 0 Å². The van der Waals surface area contributed by atoms with E-state index in [4.69, 9.17) is 4.74 Å². The molecule has 0 bridgehead atoms. The number of ether oxygens (including phenoxy) is 1. The molecular weight excluding hydrogens is 293 g/mol. The van der Waals surface area contributed by atoms with Crippen LogP contribution in [-0.2, 0) is 6.42 Å². The molecule has 0 saturated heterocycles. The zero-order valence-electron chi connectivity index (χ0n) is 13.3. The van der Waals surface area contributed by atoms with Gasteiger partial charge in [-0.1, -0.05) is 24.3 Å². The highest BCUT2D eigenvalue weighted by Crippen LogP contribution is 2.11. The van der Waals surface area contributed by atoms with Crippen LogP contribution in [0.2, 0.25) is 0 Å². The Bertz CT molecular complexity index is 693.